The van der Waals surface area contributed by atoms with Gasteiger partial charge in [-0.2, -0.15) is 0 Å². The molecule has 0 radical (unpaired) electrons. The zero-order chi connectivity index (χ0) is 15.8. The highest BCUT2D eigenvalue weighted by atomic mass is 16.5. The van der Waals surface area contributed by atoms with Crippen molar-refractivity contribution in [3.05, 3.63) is 65.7 Å². The molecule has 0 saturated heterocycles. The van der Waals surface area contributed by atoms with Gasteiger partial charge in [-0.15, -0.1) is 0 Å². The molecule has 0 aromatic heterocycles. The van der Waals surface area contributed by atoms with Gasteiger partial charge in [-0.05, 0) is 29.7 Å². The molecule has 0 aliphatic carbocycles. The number of carbonyl (C=O) groups excluding carboxylic acids is 1. The summed E-state index contributed by atoms with van der Waals surface area (Å²) in [4.78, 5) is 11.9. The highest BCUT2D eigenvalue weighted by Crippen LogP contribution is 2.13. The summed E-state index contributed by atoms with van der Waals surface area (Å²) in [7, 11) is 0. The van der Waals surface area contributed by atoms with Crippen molar-refractivity contribution in [2.75, 3.05) is 13.2 Å². The van der Waals surface area contributed by atoms with E-state index in [9.17, 15) is 9.90 Å². The number of nitrogens with one attached hydrogen (secondary N) is 1. The Bertz CT molecular complexity index is 581. The number of amides is 1. The Kier molecular flexibility index (Phi) is 5.98. The van der Waals surface area contributed by atoms with E-state index in [4.69, 9.17) is 4.74 Å². The number of benzene rings is 2. The summed E-state index contributed by atoms with van der Waals surface area (Å²) in [5.74, 6) is 0.398. The van der Waals surface area contributed by atoms with Crippen LogP contribution < -0.4 is 10.1 Å². The Morgan fingerprint density at radius 3 is 2.41 bits per heavy atom. The van der Waals surface area contributed by atoms with Crippen LogP contribution in [0, 0.1) is 0 Å². The van der Waals surface area contributed by atoms with E-state index in [2.05, 4.69) is 12.2 Å². The molecular weight excluding hydrogens is 278 g/mol. The van der Waals surface area contributed by atoms with Gasteiger partial charge in [-0.25, -0.2) is 0 Å². The fraction of sp³-hybridized carbons (Fsp3) is 0.278. The van der Waals surface area contributed by atoms with Crippen molar-refractivity contribution in [1.82, 2.24) is 5.32 Å². The number of aliphatic hydroxyl groups excluding tert-OH is 1. The lowest BCUT2D eigenvalue weighted by atomic mass is 10.1. The first-order valence-corrected chi connectivity index (χ1v) is 7.40. The average molecular weight is 299 g/mol. The van der Waals surface area contributed by atoms with Crippen LogP contribution >= 0.6 is 0 Å². The summed E-state index contributed by atoms with van der Waals surface area (Å²) in [5, 5.41) is 12.2. The minimum atomic E-state index is -0.417. The number of rotatable bonds is 7. The fourth-order valence-corrected chi connectivity index (χ4v) is 2.13. The lowest BCUT2D eigenvalue weighted by Crippen LogP contribution is -2.34. The minimum Gasteiger partial charge on any atom is -0.484 e. The minimum absolute atomic E-state index is 0.0746. The maximum absolute atomic E-state index is 11.9. The molecule has 0 heterocycles. The topological polar surface area (TPSA) is 58.6 Å². The molecule has 4 nitrogen and oxygen atoms in total. The predicted octanol–water partition coefficient (Wildman–Crippen LogP) is 2.48. The van der Waals surface area contributed by atoms with Crippen LogP contribution in [-0.4, -0.2) is 24.2 Å². The van der Waals surface area contributed by atoms with E-state index in [1.807, 2.05) is 54.6 Å². The first kappa shape index (κ1) is 16.0. The van der Waals surface area contributed by atoms with Crippen LogP contribution in [0.25, 0.3) is 0 Å². The quantitative estimate of drug-likeness (QED) is 0.826. The third-order valence-corrected chi connectivity index (χ3v) is 3.42. The Morgan fingerprint density at radius 2 is 1.82 bits per heavy atom. The molecule has 0 aliphatic rings. The monoisotopic (exact) mass is 299 g/mol. The first-order valence-electron chi connectivity index (χ1n) is 7.40. The smallest absolute Gasteiger partial charge is 0.258 e. The van der Waals surface area contributed by atoms with Gasteiger partial charge in [0.25, 0.3) is 5.91 Å². The van der Waals surface area contributed by atoms with Gasteiger partial charge in [-0.3, -0.25) is 4.79 Å². The Balaban J connectivity index is 1.86. The van der Waals surface area contributed by atoms with Gasteiger partial charge in [0.1, 0.15) is 5.75 Å². The van der Waals surface area contributed by atoms with E-state index in [0.717, 1.165) is 12.0 Å². The van der Waals surface area contributed by atoms with Crippen LogP contribution in [0.2, 0.25) is 0 Å². The van der Waals surface area contributed by atoms with Gasteiger partial charge in [-0.1, -0.05) is 49.4 Å². The van der Waals surface area contributed by atoms with E-state index in [1.54, 1.807) is 0 Å². The van der Waals surface area contributed by atoms with Gasteiger partial charge in [0.2, 0.25) is 0 Å². The molecule has 1 atom stereocenters. The van der Waals surface area contributed by atoms with Crippen molar-refractivity contribution in [3.63, 3.8) is 0 Å². The molecule has 0 spiro atoms. The molecular formula is C18H21NO3. The highest BCUT2D eigenvalue weighted by molar-refractivity contribution is 5.78. The molecule has 0 fully saturated rings. The maximum atomic E-state index is 11.9. The third-order valence-electron chi connectivity index (χ3n) is 3.42. The second kappa shape index (κ2) is 8.20. The molecule has 116 valence electrons. The largest absolute Gasteiger partial charge is 0.484 e. The Morgan fingerprint density at radius 1 is 1.14 bits per heavy atom. The number of aryl methyl sites for hydroxylation is 1. The number of aliphatic hydroxyl groups is 1. The second-order valence-corrected chi connectivity index (χ2v) is 5.00. The van der Waals surface area contributed by atoms with Crippen LogP contribution in [-0.2, 0) is 11.2 Å². The van der Waals surface area contributed by atoms with Gasteiger partial charge in [0, 0.05) is 0 Å². The lowest BCUT2D eigenvalue weighted by molar-refractivity contribution is -0.124. The zero-order valence-corrected chi connectivity index (χ0v) is 12.7. The third kappa shape index (κ3) is 4.60. The fourth-order valence-electron chi connectivity index (χ4n) is 2.13. The van der Waals surface area contributed by atoms with Crippen LogP contribution in [0.3, 0.4) is 0 Å². The molecule has 2 aromatic rings. The second-order valence-electron chi connectivity index (χ2n) is 5.00. The summed E-state index contributed by atoms with van der Waals surface area (Å²) >= 11 is 0. The average Bonchev–Trinajstić information content (AvgIpc) is 2.59. The highest BCUT2D eigenvalue weighted by Gasteiger charge is 2.13. The number of hydrogen-bond acceptors (Lipinski definition) is 3. The maximum Gasteiger partial charge on any atom is 0.258 e. The Hall–Kier alpha value is -2.33. The number of hydrogen-bond donors (Lipinski definition) is 2. The van der Waals surface area contributed by atoms with Crippen LogP contribution in [0.1, 0.15) is 24.1 Å². The van der Waals surface area contributed by atoms with E-state index >= 15 is 0 Å². The molecule has 1 unspecified atom stereocenters. The van der Waals surface area contributed by atoms with E-state index in [0.29, 0.717) is 5.75 Å². The molecule has 22 heavy (non-hydrogen) atoms. The van der Waals surface area contributed by atoms with Crippen molar-refractivity contribution in [2.45, 2.75) is 19.4 Å². The summed E-state index contributed by atoms with van der Waals surface area (Å²) in [6.45, 7) is 1.86. The summed E-state index contributed by atoms with van der Waals surface area (Å²) in [6, 6.07) is 16.6. The van der Waals surface area contributed by atoms with Crippen LogP contribution in [0.15, 0.2) is 54.6 Å². The summed E-state index contributed by atoms with van der Waals surface area (Å²) < 4.78 is 5.45. The summed E-state index contributed by atoms with van der Waals surface area (Å²) in [5.41, 5.74) is 2.09. The van der Waals surface area contributed by atoms with Gasteiger partial charge >= 0.3 is 0 Å². The molecule has 2 N–H and O–H groups in total. The molecule has 2 aromatic carbocycles. The molecule has 4 heteroatoms. The van der Waals surface area contributed by atoms with Crippen molar-refractivity contribution in [1.29, 1.82) is 0 Å². The van der Waals surface area contributed by atoms with Gasteiger partial charge < -0.3 is 15.2 Å². The SMILES string of the molecule is CCc1ccc(OCC(=O)NC(CO)c2ccccc2)cc1. The molecule has 1 amide bonds. The number of carbonyl (C=O) groups is 1. The van der Waals surface area contributed by atoms with Gasteiger partial charge in [0.05, 0.1) is 12.6 Å². The van der Waals surface area contributed by atoms with E-state index in [-0.39, 0.29) is 19.1 Å². The Labute approximate surface area is 130 Å². The van der Waals surface area contributed by atoms with Crippen molar-refractivity contribution in [2.24, 2.45) is 0 Å². The van der Waals surface area contributed by atoms with Gasteiger partial charge in [0.15, 0.2) is 6.61 Å². The molecule has 0 aliphatic heterocycles. The van der Waals surface area contributed by atoms with Crippen molar-refractivity contribution in [3.8, 4) is 5.75 Å². The van der Waals surface area contributed by atoms with Crippen molar-refractivity contribution >= 4 is 5.91 Å². The molecule has 2 rings (SSSR count). The van der Waals surface area contributed by atoms with Crippen molar-refractivity contribution < 1.29 is 14.6 Å². The van der Waals surface area contributed by atoms with E-state index in [1.165, 1.54) is 5.56 Å². The lowest BCUT2D eigenvalue weighted by Gasteiger charge is -2.17. The standard InChI is InChI=1S/C18H21NO3/c1-2-14-8-10-16(11-9-14)22-13-18(21)19-17(12-20)15-6-4-3-5-7-15/h3-11,17,20H,2,12-13H2,1H3,(H,19,21). The van der Waals surface area contributed by atoms with Crippen LogP contribution in [0.4, 0.5) is 0 Å². The normalized spacial score (nSPS) is 11.7. The molecule has 0 saturated carbocycles. The first-order chi connectivity index (χ1) is 10.7. The predicted molar refractivity (Wildman–Crippen MR) is 85.7 cm³/mol. The summed E-state index contributed by atoms with van der Waals surface area (Å²) in [6.07, 6.45) is 0.968. The van der Waals surface area contributed by atoms with E-state index < -0.39 is 6.04 Å². The zero-order valence-electron chi connectivity index (χ0n) is 12.7. The van der Waals surface area contributed by atoms with Crippen LogP contribution in [0.5, 0.6) is 5.75 Å². The number of ether oxygens (including phenoxy) is 1. The molecule has 0 bridgehead atoms.